The molecule has 1 heterocycles. The highest BCUT2D eigenvalue weighted by Crippen LogP contribution is 2.35. The van der Waals surface area contributed by atoms with Crippen LogP contribution >= 0.6 is 11.3 Å². The summed E-state index contributed by atoms with van der Waals surface area (Å²) in [5.74, 6) is 6.08. The summed E-state index contributed by atoms with van der Waals surface area (Å²) in [4.78, 5) is 13.3. The minimum absolute atomic E-state index is 0.126. The van der Waals surface area contributed by atoms with Crippen molar-refractivity contribution in [3.63, 3.8) is 0 Å². The molecule has 78 valence electrons. The molecule has 1 aromatic rings. The van der Waals surface area contributed by atoms with E-state index in [2.05, 4.69) is 23.3 Å². The predicted octanol–water partition coefficient (Wildman–Crippen LogP) is 3.15. The summed E-state index contributed by atoms with van der Waals surface area (Å²) in [6.07, 6.45) is 3.71. The van der Waals surface area contributed by atoms with Gasteiger partial charge < -0.3 is 0 Å². The van der Waals surface area contributed by atoms with Crippen LogP contribution in [0.2, 0.25) is 0 Å². The zero-order valence-electron chi connectivity index (χ0n) is 8.88. The van der Waals surface area contributed by atoms with Crippen LogP contribution in [0.1, 0.15) is 42.5 Å². The molecule has 0 aromatic carbocycles. The second kappa shape index (κ2) is 4.63. The number of thiophene rings is 1. The summed E-state index contributed by atoms with van der Waals surface area (Å²) < 4.78 is 0. The van der Waals surface area contributed by atoms with E-state index in [9.17, 15) is 4.79 Å². The Morgan fingerprint density at radius 2 is 2.53 bits per heavy atom. The van der Waals surface area contributed by atoms with Crippen molar-refractivity contribution in [2.24, 2.45) is 0 Å². The third-order valence-electron chi connectivity index (χ3n) is 2.88. The maximum atomic E-state index is 11.9. The molecule has 0 N–H and O–H groups in total. The van der Waals surface area contributed by atoms with E-state index in [4.69, 9.17) is 0 Å². The van der Waals surface area contributed by atoms with Gasteiger partial charge in [0.15, 0.2) is 5.78 Å². The molecule has 0 radical (unpaired) electrons. The molecule has 2 heteroatoms. The van der Waals surface area contributed by atoms with Crippen LogP contribution in [0, 0.1) is 11.8 Å². The number of aryl methyl sites for hydroxylation is 1. The highest BCUT2D eigenvalue weighted by molar-refractivity contribution is 7.10. The summed E-state index contributed by atoms with van der Waals surface area (Å²) in [6.45, 7) is 1.78. The van der Waals surface area contributed by atoms with Crippen LogP contribution in [-0.2, 0) is 11.2 Å². The van der Waals surface area contributed by atoms with E-state index >= 15 is 0 Å². The third-order valence-corrected chi connectivity index (χ3v) is 3.88. The Labute approximate surface area is 94.5 Å². The van der Waals surface area contributed by atoms with Crippen LogP contribution in [-0.4, -0.2) is 5.78 Å². The summed E-state index contributed by atoms with van der Waals surface area (Å²) in [7, 11) is 0. The van der Waals surface area contributed by atoms with Gasteiger partial charge in [-0.1, -0.05) is 5.92 Å². The standard InChI is InChI=1S/C13H14OS/c1-2-3-6-12(14)10-5-4-7-13-11(10)8-9-15-13/h8-10H,4-7H2,1H3. The molecule has 0 bridgehead atoms. The summed E-state index contributed by atoms with van der Waals surface area (Å²) in [5, 5.41) is 2.10. The lowest BCUT2D eigenvalue weighted by Crippen LogP contribution is -2.16. The molecule has 1 unspecified atom stereocenters. The normalized spacial score (nSPS) is 18.9. The van der Waals surface area contributed by atoms with Gasteiger partial charge in [0.05, 0.1) is 6.42 Å². The van der Waals surface area contributed by atoms with Gasteiger partial charge in [0.25, 0.3) is 0 Å². The first-order valence-electron chi connectivity index (χ1n) is 5.31. The molecule has 2 rings (SSSR count). The molecule has 1 aromatic heterocycles. The number of carbonyl (C=O) groups is 1. The van der Waals surface area contributed by atoms with Crippen LogP contribution in [0.3, 0.4) is 0 Å². The van der Waals surface area contributed by atoms with Gasteiger partial charge in [-0.2, -0.15) is 0 Å². The van der Waals surface area contributed by atoms with Crippen molar-refractivity contribution in [2.45, 2.75) is 38.5 Å². The lowest BCUT2D eigenvalue weighted by Gasteiger charge is -2.20. The van der Waals surface area contributed by atoms with E-state index in [-0.39, 0.29) is 5.92 Å². The Hall–Kier alpha value is -1.07. The average molecular weight is 218 g/mol. The largest absolute Gasteiger partial charge is 0.298 e. The quantitative estimate of drug-likeness (QED) is 0.697. The Morgan fingerprint density at radius 3 is 3.33 bits per heavy atom. The molecule has 1 atom stereocenters. The number of ketones is 1. The van der Waals surface area contributed by atoms with E-state index < -0.39 is 0 Å². The fourth-order valence-corrected chi connectivity index (χ4v) is 3.11. The second-order valence-corrected chi connectivity index (χ2v) is 4.81. The maximum absolute atomic E-state index is 11.9. The van der Waals surface area contributed by atoms with Crippen LogP contribution < -0.4 is 0 Å². The Balaban J connectivity index is 2.17. The van der Waals surface area contributed by atoms with Crippen LogP contribution in [0.25, 0.3) is 0 Å². The topological polar surface area (TPSA) is 17.1 Å². The molecule has 0 saturated heterocycles. The molecule has 1 nitrogen and oxygen atoms in total. The van der Waals surface area contributed by atoms with Crippen molar-refractivity contribution in [1.82, 2.24) is 0 Å². The highest BCUT2D eigenvalue weighted by Gasteiger charge is 2.26. The van der Waals surface area contributed by atoms with Gasteiger partial charge in [-0.05, 0) is 43.2 Å². The molecular weight excluding hydrogens is 204 g/mol. The molecule has 0 saturated carbocycles. The Morgan fingerprint density at radius 1 is 1.67 bits per heavy atom. The van der Waals surface area contributed by atoms with Gasteiger partial charge in [0, 0.05) is 10.8 Å². The van der Waals surface area contributed by atoms with Gasteiger partial charge in [0.1, 0.15) is 0 Å². The van der Waals surface area contributed by atoms with Crippen molar-refractivity contribution in [1.29, 1.82) is 0 Å². The number of carbonyl (C=O) groups excluding carboxylic acids is 1. The van der Waals surface area contributed by atoms with E-state index in [0.29, 0.717) is 12.2 Å². The first kappa shape index (κ1) is 10.4. The molecule has 1 aliphatic rings. The predicted molar refractivity (Wildman–Crippen MR) is 63.1 cm³/mol. The van der Waals surface area contributed by atoms with Gasteiger partial charge in [-0.3, -0.25) is 4.79 Å². The molecule has 0 fully saturated rings. The zero-order valence-corrected chi connectivity index (χ0v) is 9.69. The number of hydrogen-bond acceptors (Lipinski definition) is 2. The molecule has 1 aliphatic carbocycles. The molecule has 0 aliphatic heterocycles. The lowest BCUT2D eigenvalue weighted by atomic mass is 9.84. The molecule has 15 heavy (non-hydrogen) atoms. The van der Waals surface area contributed by atoms with E-state index in [1.54, 1.807) is 18.3 Å². The molecule has 0 amide bonds. The first-order valence-corrected chi connectivity index (χ1v) is 6.19. The lowest BCUT2D eigenvalue weighted by molar-refractivity contribution is -0.119. The van der Waals surface area contributed by atoms with E-state index in [1.165, 1.54) is 10.4 Å². The van der Waals surface area contributed by atoms with Gasteiger partial charge in [0.2, 0.25) is 0 Å². The van der Waals surface area contributed by atoms with Crippen LogP contribution in [0.5, 0.6) is 0 Å². The SMILES string of the molecule is CC#CCC(=O)C1CCCc2sccc21. The molecule has 0 spiro atoms. The monoisotopic (exact) mass is 218 g/mol. The zero-order chi connectivity index (χ0) is 10.7. The summed E-state index contributed by atoms with van der Waals surface area (Å²) >= 11 is 1.78. The highest BCUT2D eigenvalue weighted by atomic mass is 32.1. The Kier molecular flexibility index (Phi) is 3.23. The van der Waals surface area contributed by atoms with E-state index in [0.717, 1.165) is 19.3 Å². The number of fused-ring (bicyclic) bond motifs is 1. The van der Waals surface area contributed by atoms with Gasteiger partial charge in [-0.15, -0.1) is 17.3 Å². The average Bonchev–Trinajstić information content (AvgIpc) is 2.73. The smallest absolute Gasteiger partial charge is 0.152 e. The minimum Gasteiger partial charge on any atom is -0.298 e. The molecular formula is C13H14OS. The third kappa shape index (κ3) is 2.13. The Bertz CT molecular complexity index is 419. The summed E-state index contributed by atoms with van der Waals surface area (Å²) in [5.41, 5.74) is 1.27. The fourth-order valence-electron chi connectivity index (χ4n) is 2.12. The maximum Gasteiger partial charge on any atom is 0.152 e. The van der Waals surface area contributed by atoms with Crippen molar-refractivity contribution in [2.75, 3.05) is 0 Å². The number of Topliss-reactive ketones (excluding diaryl/α,β-unsaturated/α-hetero) is 1. The number of rotatable bonds is 2. The number of hydrogen-bond donors (Lipinski definition) is 0. The van der Waals surface area contributed by atoms with Crippen molar-refractivity contribution in [3.8, 4) is 11.8 Å². The van der Waals surface area contributed by atoms with Crippen molar-refractivity contribution >= 4 is 17.1 Å². The van der Waals surface area contributed by atoms with Crippen molar-refractivity contribution in [3.05, 3.63) is 21.9 Å². The van der Waals surface area contributed by atoms with Gasteiger partial charge >= 0.3 is 0 Å². The summed E-state index contributed by atoms with van der Waals surface area (Å²) in [6, 6.07) is 2.11. The fraction of sp³-hybridized carbons (Fsp3) is 0.462. The van der Waals surface area contributed by atoms with Gasteiger partial charge in [-0.25, -0.2) is 0 Å². The second-order valence-electron chi connectivity index (χ2n) is 3.81. The van der Waals surface area contributed by atoms with Crippen LogP contribution in [0.15, 0.2) is 11.4 Å². The first-order chi connectivity index (χ1) is 7.33. The van der Waals surface area contributed by atoms with Crippen molar-refractivity contribution < 1.29 is 4.79 Å². The van der Waals surface area contributed by atoms with Crippen LogP contribution in [0.4, 0.5) is 0 Å². The van der Waals surface area contributed by atoms with E-state index in [1.807, 2.05) is 0 Å². The minimum atomic E-state index is 0.126.